The van der Waals surface area contributed by atoms with Crippen LogP contribution in [0.25, 0.3) is 0 Å². The number of hydrogen-bond acceptors (Lipinski definition) is 16. The molecule has 0 heterocycles. The highest BCUT2D eigenvalue weighted by molar-refractivity contribution is 9.29. The van der Waals surface area contributed by atoms with Gasteiger partial charge in [-0.05, 0) is 115 Å². The SMILES string of the molecule is CCO[Si](CCCSSSSCCC[Si](OCC)(OCC)OCC)(OCC)OCC.CN(C)C(=S)SSSSC(=S)N(C)C. The molecule has 0 radical (unpaired) electrons. The molecule has 8 nitrogen and oxygen atoms in total. The molecular formula is C24H54N2O6S10Si2. The molecule has 0 saturated heterocycles. The maximum absolute atomic E-state index is 5.90. The highest BCUT2D eigenvalue weighted by Crippen LogP contribution is 2.45. The van der Waals surface area contributed by atoms with Gasteiger partial charge < -0.3 is 36.4 Å². The Kier molecular flexibility index (Phi) is 36.6. The van der Waals surface area contributed by atoms with Crippen LogP contribution in [0.15, 0.2) is 0 Å². The average Bonchev–Trinajstić information content (AvgIpc) is 2.97. The second kappa shape index (κ2) is 32.9. The molecule has 0 spiro atoms. The zero-order chi connectivity index (χ0) is 33.7. The van der Waals surface area contributed by atoms with Crippen molar-refractivity contribution in [1.82, 2.24) is 9.80 Å². The smallest absolute Gasteiger partial charge is 0.374 e. The van der Waals surface area contributed by atoms with Crippen molar-refractivity contribution in [3.05, 3.63) is 0 Å². The average molecular weight is 844 g/mol. The maximum atomic E-state index is 5.90. The van der Waals surface area contributed by atoms with E-state index >= 15 is 0 Å². The largest absolute Gasteiger partial charge is 0.500 e. The Morgan fingerprint density at radius 1 is 0.500 bits per heavy atom. The molecule has 0 fully saturated rings. The molecule has 0 atom stereocenters. The van der Waals surface area contributed by atoms with E-state index in [1.165, 1.54) is 0 Å². The first kappa shape index (κ1) is 48.9. The number of rotatable bonds is 26. The van der Waals surface area contributed by atoms with E-state index in [0.29, 0.717) is 39.6 Å². The molecule has 264 valence electrons. The minimum Gasteiger partial charge on any atom is -0.374 e. The second-order valence-electron chi connectivity index (χ2n) is 8.57. The minimum atomic E-state index is -2.49. The summed E-state index contributed by atoms with van der Waals surface area (Å²) in [4.78, 5) is 3.84. The van der Waals surface area contributed by atoms with Crippen LogP contribution in [-0.4, -0.2) is 115 Å². The molecule has 0 aliphatic carbocycles. The molecule has 0 aromatic rings. The Morgan fingerprint density at radius 3 is 1.00 bits per heavy atom. The molecule has 44 heavy (non-hydrogen) atoms. The predicted octanol–water partition coefficient (Wildman–Crippen LogP) is 9.90. The summed E-state index contributed by atoms with van der Waals surface area (Å²) >= 11 is 10.2. The summed E-state index contributed by atoms with van der Waals surface area (Å²) in [5.74, 6) is 2.13. The van der Waals surface area contributed by atoms with Gasteiger partial charge in [0.2, 0.25) is 0 Å². The first-order valence-corrected chi connectivity index (χ1v) is 29.2. The van der Waals surface area contributed by atoms with Gasteiger partial charge in [0.25, 0.3) is 0 Å². The summed E-state index contributed by atoms with van der Waals surface area (Å²) in [7, 11) is 16.7. The van der Waals surface area contributed by atoms with Crippen molar-refractivity contribution >= 4 is 133 Å². The van der Waals surface area contributed by atoms with E-state index in [1.54, 1.807) is 41.2 Å². The summed E-state index contributed by atoms with van der Waals surface area (Å²) < 4.78 is 37.2. The van der Waals surface area contributed by atoms with Gasteiger partial charge in [-0.1, -0.05) is 46.0 Å². The number of nitrogens with zero attached hydrogens (tertiary/aromatic N) is 2. The molecule has 0 amide bonds. The molecule has 0 aromatic heterocycles. The van der Waals surface area contributed by atoms with E-state index in [-0.39, 0.29) is 0 Å². The topological polar surface area (TPSA) is 61.9 Å². The van der Waals surface area contributed by atoms with Crippen LogP contribution in [0.2, 0.25) is 12.1 Å². The van der Waals surface area contributed by atoms with Crippen molar-refractivity contribution in [3.63, 3.8) is 0 Å². The molecule has 0 aromatic carbocycles. The molecule has 20 heteroatoms. The van der Waals surface area contributed by atoms with Crippen molar-refractivity contribution in [3.8, 4) is 0 Å². The lowest BCUT2D eigenvalue weighted by atomic mass is 10.6. The predicted molar refractivity (Wildman–Crippen MR) is 223 cm³/mol. The first-order valence-electron chi connectivity index (χ1n) is 14.5. The van der Waals surface area contributed by atoms with Crippen LogP contribution in [0.1, 0.15) is 54.4 Å². The molecule has 0 bridgehead atoms. The fourth-order valence-corrected chi connectivity index (χ4v) is 21.3. The summed E-state index contributed by atoms with van der Waals surface area (Å²) in [5.41, 5.74) is 0. The first-order chi connectivity index (χ1) is 21.0. The summed E-state index contributed by atoms with van der Waals surface area (Å²) in [6, 6.07) is 1.76. The van der Waals surface area contributed by atoms with Crippen LogP contribution in [0, 0.1) is 0 Å². The Bertz CT molecular complexity index is 622. The summed E-state index contributed by atoms with van der Waals surface area (Å²) in [6.45, 7) is 15.8. The Balaban J connectivity index is 0. The van der Waals surface area contributed by atoms with Crippen molar-refractivity contribution in [2.45, 2.75) is 66.5 Å². The number of hydrogen-bond donors (Lipinski definition) is 0. The molecular weight excluding hydrogens is 789 g/mol. The van der Waals surface area contributed by atoms with E-state index in [0.717, 1.165) is 45.1 Å². The molecule has 0 saturated carbocycles. The van der Waals surface area contributed by atoms with Crippen molar-refractivity contribution in [1.29, 1.82) is 0 Å². The maximum Gasteiger partial charge on any atom is 0.500 e. The van der Waals surface area contributed by atoms with Crippen LogP contribution in [0.4, 0.5) is 0 Å². The molecule has 0 aliphatic heterocycles. The van der Waals surface area contributed by atoms with Crippen LogP contribution in [0.3, 0.4) is 0 Å². The van der Waals surface area contributed by atoms with E-state index in [4.69, 9.17) is 51.0 Å². The van der Waals surface area contributed by atoms with Gasteiger partial charge in [0.1, 0.15) is 8.64 Å². The van der Waals surface area contributed by atoms with Crippen molar-refractivity contribution in [2.75, 3.05) is 79.3 Å². The second-order valence-corrected chi connectivity index (χ2v) is 27.2. The fourth-order valence-electron chi connectivity index (χ4n) is 3.04. The Hall–Kier alpha value is 2.77. The normalized spacial score (nSPS) is 11.7. The van der Waals surface area contributed by atoms with Crippen LogP contribution >= 0.6 is 107 Å². The third kappa shape index (κ3) is 26.6. The number of thiocarbonyl (C=S) groups is 2. The monoisotopic (exact) mass is 842 g/mol. The molecule has 0 aliphatic rings. The summed E-state index contributed by atoms with van der Waals surface area (Å²) in [6.07, 6.45) is 2.08. The van der Waals surface area contributed by atoms with Gasteiger partial charge >= 0.3 is 17.6 Å². The lowest BCUT2D eigenvalue weighted by Gasteiger charge is -2.28. The van der Waals surface area contributed by atoms with Crippen LogP contribution in [-0.2, 0) is 26.6 Å². The fraction of sp³-hybridized carbons (Fsp3) is 0.917. The van der Waals surface area contributed by atoms with E-state index in [1.807, 2.05) is 121 Å². The molecule has 0 N–H and O–H groups in total. The van der Waals surface area contributed by atoms with Gasteiger partial charge in [-0.2, -0.15) is 0 Å². The van der Waals surface area contributed by atoms with E-state index in [2.05, 4.69) is 0 Å². The van der Waals surface area contributed by atoms with E-state index in [9.17, 15) is 0 Å². The lowest BCUT2D eigenvalue weighted by Crippen LogP contribution is -2.46. The third-order valence-corrected chi connectivity index (χ3v) is 25.5. The highest BCUT2D eigenvalue weighted by atomic mass is 33.7. The van der Waals surface area contributed by atoms with Crippen LogP contribution < -0.4 is 0 Å². The van der Waals surface area contributed by atoms with Gasteiger partial charge in [0.05, 0.1) is 0 Å². The minimum absolute atomic E-state index is 0.640. The zero-order valence-electron chi connectivity index (χ0n) is 27.9. The third-order valence-electron chi connectivity index (χ3n) is 4.70. The Morgan fingerprint density at radius 2 is 0.773 bits per heavy atom. The van der Waals surface area contributed by atoms with Crippen molar-refractivity contribution in [2.24, 2.45) is 0 Å². The molecule has 0 rings (SSSR count). The zero-order valence-corrected chi connectivity index (χ0v) is 38.1. The van der Waals surface area contributed by atoms with Gasteiger partial charge in [0, 0.05) is 91.4 Å². The van der Waals surface area contributed by atoms with Gasteiger partial charge in [0.15, 0.2) is 0 Å². The highest BCUT2D eigenvalue weighted by Gasteiger charge is 2.40. The standard InChI is InChI=1S/C18H42O6S4Si2.C6H12N2S6/c1-7-19-29(20-8-2,21-9-3)17-13-15-25-27-28-26-16-14-18-30(22-10-4,23-11-5)24-12-6;1-7(2)5(9)11-13-14-12-6(10)8(3)4/h7-18H2,1-6H3;1-4H3. The van der Waals surface area contributed by atoms with Gasteiger partial charge in [-0.25, -0.2) is 0 Å². The van der Waals surface area contributed by atoms with Gasteiger partial charge in [-0.15, -0.1) is 0 Å². The Labute approximate surface area is 312 Å². The summed E-state index contributed by atoms with van der Waals surface area (Å²) in [5, 5.41) is 0. The molecule has 0 unspecified atom stereocenters. The van der Waals surface area contributed by atoms with E-state index < -0.39 is 17.6 Å². The van der Waals surface area contributed by atoms with Gasteiger partial charge in [-0.3, -0.25) is 0 Å². The quantitative estimate of drug-likeness (QED) is 0.0359. The van der Waals surface area contributed by atoms with Crippen LogP contribution in [0.5, 0.6) is 0 Å². The lowest BCUT2D eigenvalue weighted by molar-refractivity contribution is 0.0704. The van der Waals surface area contributed by atoms with Crippen molar-refractivity contribution < 1.29 is 26.6 Å².